The first kappa shape index (κ1) is 31.5. The van der Waals surface area contributed by atoms with Crippen LogP contribution in [0, 0.1) is 5.92 Å². The molecule has 228 valence electrons. The maximum Gasteiger partial charge on any atom is 0.272 e. The van der Waals surface area contributed by atoms with Crippen molar-refractivity contribution in [3.05, 3.63) is 41.0 Å². The van der Waals surface area contributed by atoms with Crippen LogP contribution in [0.15, 0.2) is 30.5 Å². The van der Waals surface area contributed by atoms with E-state index >= 15 is 0 Å². The maximum absolute atomic E-state index is 13.2. The first-order valence-electron chi connectivity index (χ1n) is 14.6. The number of thiazole rings is 1. The number of morpholine rings is 1. The van der Waals surface area contributed by atoms with E-state index in [1.54, 1.807) is 18.3 Å². The molecule has 0 spiro atoms. The predicted molar refractivity (Wildman–Crippen MR) is 176 cm³/mol. The summed E-state index contributed by atoms with van der Waals surface area (Å²) in [5.41, 5.74) is 1.60. The van der Waals surface area contributed by atoms with Gasteiger partial charge in [-0.25, -0.2) is 4.98 Å². The normalized spacial score (nSPS) is 15.3. The number of carbonyl (C=O) groups is 3. The van der Waals surface area contributed by atoms with Crippen LogP contribution < -0.4 is 26.0 Å². The Bertz CT molecular complexity index is 1530. The molecular weight excluding hydrogens is 581 g/mol. The molecule has 1 aliphatic heterocycles. The Morgan fingerprint density at radius 2 is 1.89 bits per heavy atom. The van der Waals surface area contributed by atoms with Crippen LogP contribution in [0.4, 0.5) is 17.2 Å². The van der Waals surface area contributed by atoms with Crippen LogP contribution in [0.2, 0.25) is 0 Å². The van der Waals surface area contributed by atoms with Gasteiger partial charge in [0.15, 0.2) is 17.3 Å². The number of benzene rings is 1. The molecule has 3 amide bonds. The zero-order valence-electron chi connectivity index (χ0n) is 25.4. The summed E-state index contributed by atoms with van der Waals surface area (Å²) < 4.78 is 11.2. The van der Waals surface area contributed by atoms with Crippen LogP contribution >= 0.6 is 11.3 Å². The van der Waals surface area contributed by atoms with Gasteiger partial charge in [-0.05, 0) is 30.2 Å². The lowest BCUT2D eigenvalue weighted by Gasteiger charge is -2.26. The number of hydrogen-bond donors (Lipinski definition) is 4. The third-order valence-electron chi connectivity index (χ3n) is 6.96. The zero-order chi connectivity index (χ0) is 31.3. The van der Waals surface area contributed by atoms with Gasteiger partial charge < -0.3 is 30.7 Å². The molecule has 1 saturated carbocycles. The molecule has 0 bridgehead atoms. The number of aromatic nitrogens is 3. The van der Waals surface area contributed by atoms with Crippen LogP contribution in [0.5, 0.6) is 5.75 Å². The summed E-state index contributed by atoms with van der Waals surface area (Å²) >= 11 is 1.26. The minimum atomic E-state index is -0.510. The van der Waals surface area contributed by atoms with Crippen LogP contribution in [0.1, 0.15) is 33.0 Å². The van der Waals surface area contributed by atoms with Crippen LogP contribution in [-0.2, 0) is 9.53 Å². The van der Waals surface area contributed by atoms with Crippen molar-refractivity contribution in [3.63, 3.8) is 0 Å². The number of methoxy groups -OCH3 is 1. The summed E-state index contributed by atoms with van der Waals surface area (Å²) in [6.45, 7) is 4.43. The minimum Gasteiger partial charge on any atom is -0.494 e. The van der Waals surface area contributed by atoms with Gasteiger partial charge in [-0.15, -0.1) is 21.5 Å². The third kappa shape index (κ3) is 8.15. The third-order valence-corrected chi connectivity index (χ3v) is 7.99. The Kier molecular flexibility index (Phi) is 9.86. The Balaban J connectivity index is 1.36. The lowest BCUT2D eigenvalue weighted by Crippen LogP contribution is -2.50. The van der Waals surface area contributed by atoms with E-state index in [1.807, 2.05) is 35.7 Å². The molecule has 3 heterocycles. The number of para-hydroxylation sites is 1. The molecule has 0 radical (unpaired) electrons. The first-order valence-corrected chi connectivity index (χ1v) is 15.4. The molecule has 1 aromatic carbocycles. The van der Waals surface area contributed by atoms with Gasteiger partial charge in [-0.1, -0.05) is 6.07 Å². The standard InChI is InChI=1S/C27H35B3N8O5S/c1-42-22-16(26-32-14-19(44-26)24(40)31-7-8-38-9-11-43-12-10-38)3-2-4-17(22)33-18-13-20(34-23(39)15-5-6-15)36-37-21(18)25(41)35-27(28,29)30/h2-4,13-15H,5-12,28-30H2,1H3,(H,31,40)(H,35,41)(H2,33,34,36,39). The Hall–Kier alpha value is -3.95. The fraction of sp³-hybridized carbons (Fsp3) is 0.407. The fourth-order valence-corrected chi connectivity index (χ4v) is 5.46. The summed E-state index contributed by atoms with van der Waals surface area (Å²) in [5.74, 6) is -0.0645. The summed E-state index contributed by atoms with van der Waals surface area (Å²) in [7, 11) is 7.15. The Morgan fingerprint density at radius 1 is 1.11 bits per heavy atom. The second-order valence-corrected chi connectivity index (χ2v) is 12.7. The van der Waals surface area contributed by atoms with Gasteiger partial charge in [0, 0.05) is 38.2 Å². The topological polar surface area (TPSA) is 160 Å². The number of nitrogens with one attached hydrogen (secondary N) is 4. The molecule has 4 N–H and O–H groups in total. The van der Waals surface area contributed by atoms with Gasteiger partial charge in [-0.3, -0.25) is 19.3 Å². The summed E-state index contributed by atoms with van der Waals surface area (Å²) in [6.07, 6.45) is 3.24. The van der Waals surface area contributed by atoms with E-state index in [2.05, 4.69) is 41.3 Å². The predicted octanol–water partition coefficient (Wildman–Crippen LogP) is -0.997. The largest absolute Gasteiger partial charge is 0.494 e. The Morgan fingerprint density at radius 3 is 2.59 bits per heavy atom. The lowest BCUT2D eigenvalue weighted by molar-refractivity contribution is -0.117. The number of nitrogens with zero attached hydrogens (tertiary/aromatic N) is 4. The van der Waals surface area contributed by atoms with Crippen molar-refractivity contribution in [2.24, 2.45) is 5.92 Å². The number of anilines is 3. The van der Waals surface area contributed by atoms with Crippen LogP contribution in [-0.4, -0.2) is 113 Å². The molecular formula is C27H35B3N8O5S. The molecule has 2 aromatic heterocycles. The number of amides is 3. The van der Waals surface area contributed by atoms with E-state index in [9.17, 15) is 14.4 Å². The van der Waals surface area contributed by atoms with E-state index in [-0.39, 0.29) is 29.2 Å². The van der Waals surface area contributed by atoms with Crippen molar-refractivity contribution in [2.45, 2.75) is 18.1 Å². The number of hydrogen-bond acceptors (Lipinski definition) is 11. The van der Waals surface area contributed by atoms with E-state index in [1.165, 1.54) is 18.4 Å². The van der Waals surface area contributed by atoms with Crippen molar-refractivity contribution < 1.29 is 23.9 Å². The molecule has 44 heavy (non-hydrogen) atoms. The first-order chi connectivity index (χ1) is 21.1. The highest BCUT2D eigenvalue weighted by molar-refractivity contribution is 7.17. The molecule has 2 aliphatic rings. The van der Waals surface area contributed by atoms with E-state index in [4.69, 9.17) is 9.47 Å². The van der Waals surface area contributed by atoms with Crippen LogP contribution in [0.25, 0.3) is 10.6 Å². The summed E-state index contributed by atoms with van der Waals surface area (Å²) in [6, 6.07) is 7.05. The molecule has 17 heteroatoms. The molecule has 13 nitrogen and oxygen atoms in total. The number of carbonyl (C=O) groups excluding carboxylic acids is 3. The average Bonchev–Trinajstić information content (AvgIpc) is 3.73. The molecule has 5 rings (SSSR count). The lowest BCUT2D eigenvalue weighted by atomic mass is 9.49. The maximum atomic E-state index is 13.2. The second-order valence-electron chi connectivity index (χ2n) is 11.7. The summed E-state index contributed by atoms with van der Waals surface area (Å²) in [4.78, 5) is 45.7. The monoisotopic (exact) mass is 616 g/mol. The van der Waals surface area contributed by atoms with Gasteiger partial charge in [-0.2, -0.15) is 0 Å². The van der Waals surface area contributed by atoms with E-state index < -0.39 is 11.1 Å². The molecule has 0 unspecified atom stereocenters. The molecule has 0 atom stereocenters. The Labute approximate surface area is 262 Å². The highest BCUT2D eigenvalue weighted by Crippen LogP contribution is 2.40. The van der Waals surface area contributed by atoms with E-state index in [0.717, 1.165) is 32.5 Å². The van der Waals surface area contributed by atoms with Crippen molar-refractivity contribution in [2.75, 3.05) is 57.1 Å². The molecule has 3 aromatic rings. The fourth-order valence-electron chi connectivity index (χ4n) is 4.60. The molecule has 2 fully saturated rings. The highest BCUT2D eigenvalue weighted by Gasteiger charge is 2.30. The number of rotatable bonds is 12. The number of ether oxygens (including phenoxy) is 2. The van der Waals surface area contributed by atoms with Gasteiger partial charge >= 0.3 is 0 Å². The van der Waals surface area contributed by atoms with Crippen LogP contribution in [0.3, 0.4) is 0 Å². The quantitative estimate of drug-likeness (QED) is 0.186. The second kappa shape index (κ2) is 13.8. The van der Waals surface area contributed by atoms with Gasteiger partial charge in [0.2, 0.25) is 5.91 Å². The average molecular weight is 616 g/mol. The minimum absolute atomic E-state index is 0.0242. The highest BCUT2D eigenvalue weighted by atomic mass is 32.1. The van der Waals surface area contributed by atoms with E-state index in [0.29, 0.717) is 52.3 Å². The molecule has 1 saturated heterocycles. The van der Waals surface area contributed by atoms with Gasteiger partial charge in [0.1, 0.15) is 33.4 Å². The van der Waals surface area contributed by atoms with Crippen molar-refractivity contribution in [3.8, 4) is 16.3 Å². The zero-order valence-corrected chi connectivity index (χ0v) is 26.2. The van der Waals surface area contributed by atoms with Crippen molar-refractivity contribution >= 4 is 69.8 Å². The molecule has 1 aliphatic carbocycles. The smallest absolute Gasteiger partial charge is 0.272 e. The SMILES string of the molecule is BC(B)(B)NC(=O)c1nnc(NC(=O)C2CC2)cc1Nc1cccc(-c2ncc(C(=O)NCCN3CCOCC3)s2)c1OC. The van der Waals surface area contributed by atoms with Crippen molar-refractivity contribution in [1.82, 2.24) is 30.7 Å². The summed E-state index contributed by atoms with van der Waals surface area (Å²) in [5, 5.41) is 20.3. The van der Waals surface area contributed by atoms with Gasteiger partial charge in [0.05, 0.1) is 43.5 Å². The van der Waals surface area contributed by atoms with Gasteiger partial charge in [0.25, 0.3) is 11.8 Å². The van der Waals surface area contributed by atoms with Crippen molar-refractivity contribution in [1.29, 1.82) is 0 Å².